The smallest absolute Gasteiger partial charge is 0.410 e. The van der Waals surface area contributed by atoms with E-state index in [4.69, 9.17) is 9.47 Å². The highest BCUT2D eigenvalue weighted by Gasteiger charge is 2.32. The fourth-order valence-corrected chi connectivity index (χ4v) is 3.08. The van der Waals surface area contributed by atoms with Crippen LogP contribution in [0.5, 0.6) is 0 Å². The number of likely N-dealkylation sites (N-methyl/N-ethyl adjacent to an activating group) is 2. The average Bonchev–Trinajstić information content (AvgIpc) is 2.75. The summed E-state index contributed by atoms with van der Waals surface area (Å²) in [7, 11) is 3.05. The van der Waals surface area contributed by atoms with Crippen molar-refractivity contribution in [1.29, 1.82) is 0 Å². The van der Waals surface area contributed by atoms with Crippen molar-refractivity contribution < 1.29 is 23.9 Å². The summed E-state index contributed by atoms with van der Waals surface area (Å²) in [4.78, 5) is 40.7. The van der Waals surface area contributed by atoms with Gasteiger partial charge in [0, 0.05) is 20.5 Å². The molecule has 7 heteroatoms. The second-order valence-corrected chi connectivity index (χ2v) is 8.64. The molecule has 0 N–H and O–H groups in total. The Hall–Kier alpha value is -3.35. The van der Waals surface area contributed by atoms with Crippen LogP contribution in [0.3, 0.4) is 0 Å². The zero-order valence-electron chi connectivity index (χ0n) is 19.4. The van der Waals surface area contributed by atoms with E-state index in [9.17, 15) is 14.4 Å². The fourth-order valence-electron chi connectivity index (χ4n) is 3.08. The molecule has 172 valence electrons. The molecule has 2 amide bonds. The van der Waals surface area contributed by atoms with Gasteiger partial charge in [-0.05, 0) is 31.9 Å². The molecule has 1 atom stereocenters. The lowest BCUT2D eigenvalue weighted by atomic mass is 10.0. The van der Waals surface area contributed by atoms with Crippen molar-refractivity contribution >= 4 is 18.0 Å². The monoisotopic (exact) mass is 440 g/mol. The Morgan fingerprint density at radius 3 is 1.94 bits per heavy atom. The second-order valence-electron chi connectivity index (χ2n) is 8.64. The van der Waals surface area contributed by atoms with Crippen LogP contribution < -0.4 is 0 Å². The molecule has 0 saturated carbocycles. The number of carbonyl (C=O) groups excluding carboxylic acids is 3. The quantitative estimate of drug-likeness (QED) is 0.586. The summed E-state index contributed by atoms with van der Waals surface area (Å²) in [5, 5.41) is 0. The van der Waals surface area contributed by atoms with E-state index in [-0.39, 0.29) is 25.5 Å². The lowest BCUT2D eigenvalue weighted by Crippen LogP contribution is -2.51. The predicted molar refractivity (Wildman–Crippen MR) is 122 cm³/mol. The number of carbonyl (C=O) groups is 3. The molecule has 7 nitrogen and oxygen atoms in total. The van der Waals surface area contributed by atoms with Gasteiger partial charge in [-0.15, -0.1) is 0 Å². The maximum absolute atomic E-state index is 13.2. The highest BCUT2D eigenvalue weighted by molar-refractivity contribution is 5.88. The first-order chi connectivity index (χ1) is 15.1. The van der Waals surface area contributed by atoms with Crippen LogP contribution >= 0.6 is 0 Å². The second kappa shape index (κ2) is 11.3. The zero-order chi connectivity index (χ0) is 23.7. The number of amides is 2. The molecule has 0 bridgehead atoms. The van der Waals surface area contributed by atoms with Crippen LogP contribution in [-0.4, -0.2) is 60.1 Å². The third kappa shape index (κ3) is 8.06. The van der Waals surface area contributed by atoms with E-state index < -0.39 is 23.7 Å². The van der Waals surface area contributed by atoms with Gasteiger partial charge in [0.15, 0.2) is 0 Å². The van der Waals surface area contributed by atoms with Gasteiger partial charge in [0.1, 0.15) is 24.8 Å². The first-order valence-corrected chi connectivity index (χ1v) is 10.5. The molecular formula is C25H32N2O5. The van der Waals surface area contributed by atoms with Crippen LogP contribution in [0.1, 0.15) is 31.9 Å². The summed E-state index contributed by atoms with van der Waals surface area (Å²) in [5.74, 6) is -0.889. The maximum atomic E-state index is 13.2. The maximum Gasteiger partial charge on any atom is 0.410 e. The summed E-state index contributed by atoms with van der Waals surface area (Å²) in [6.07, 6.45) is -0.330. The molecular weight excluding hydrogens is 408 g/mol. The largest absolute Gasteiger partial charge is 0.459 e. The van der Waals surface area contributed by atoms with E-state index in [0.29, 0.717) is 0 Å². The normalized spacial score (nSPS) is 11.9. The van der Waals surface area contributed by atoms with Crippen molar-refractivity contribution in [2.45, 2.75) is 45.4 Å². The van der Waals surface area contributed by atoms with E-state index >= 15 is 0 Å². The van der Waals surface area contributed by atoms with Crippen molar-refractivity contribution in [3.8, 4) is 0 Å². The van der Waals surface area contributed by atoms with E-state index in [1.165, 1.54) is 23.9 Å². The number of ether oxygens (including phenoxy) is 2. The van der Waals surface area contributed by atoms with E-state index in [0.717, 1.165) is 11.1 Å². The minimum atomic E-state index is -0.840. The fraction of sp³-hybridized carbons (Fsp3) is 0.400. The molecule has 32 heavy (non-hydrogen) atoms. The Labute approximate surface area is 189 Å². The molecule has 0 aliphatic heterocycles. The molecule has 2 aromatic carbocycles. The Balaban J connectivity index is 2.12. The third-order valence-corrected chi connectivity index (χ3v) is 4.68. The lowest BCUT2D eigenvalue weighted by Gasteiger charge is -2.30. The first kappa shape index (κ1) is 24.9. The van der Waals surface area contributed by atoms with Crippen molar-refractivity contribution in [3.63, 3.8) is 0 Å². The van der Waals surface area contributed by atoms with Crippen LogP contribution in [0.25, 0.3) is 0 Å². The molecule has 2 aromatic rings. The van der Waals surface area contributed by atoms with Crippen molar-refractivity contribution in [2.24, 2.45) is 0 Å². The van der Waals surface area contributed by atoms with Crippen LogP contribution in [0, 0.1) is 0 Å². The number of rotatable bonds is 8. The van der Waals surface area contributed by atoms with E-state index in [2.05, 4.69) is 0 Å². The van der Waals surface area contributed by atoms with Gasteiger partial charge in [0.25, 0.3) is 0 Å². The van der Waals surface area contributed by atoms with Crippen LogP contribution in [-0.2, 0) is 32.1 Å². The number of hydrogen-bond acceptors (Lipinski definition) is 5. The number of hydrogen-bond donors (Lipinski definition) is 0. The lowest BCUT2D eigenvalue weighted by molar-refractivity contribution is -0.158. The summed E-state index contributed by atoms with van der Waals surface area (Å²) >= 11 is 0. The van der Waals surface area contributed by atoms with Gasteiger partial charge in [-0.25, -0.2) is 4.79 Å². The Bertz CT molecular complexity index is 894. The summed E-state index contributed by atoms with van der Waals surface area (Å²) in [6.45, 7) is 5.18. The highest BCUT2D eigenvalue weighted by Crippen LogP contribution is 2.14. The summed E-state index contributed by atoms with van der Waals surface area (Å²) < 4.78 is 10.7. The molecule has 0 aliphatic carbocycles. The Morgan fingerprint density at radius 1 is 0.875 bits per heavy atom. The number of esters is 1. The molecule has 0 unspecified atom stereocenters. The summed E-state index contributed by atoms with van der Waals surface area (Å²) in [5.41, 5.74) is 1.09. The summed E-state index contributed by atoms with van der Waals surface area (Å²) in [6, 6.07) is 17.9. The average molecular weight is 441 g/mol. The van der Waals surface area contributed by atoms with Crippen molar-refractivity contribution in [3.05, 3.63) is 71.8 Å². The zero-order valence-corrected chi connectivity index (χ0v) is 19.4. The molecule has 0 radical (unpaired) electrons. The standard InChI is InChI=1S/C25H32N2O5/c1-25(2,3)32-22(28)17-26(4)23(29)21(16-19-12-8-6-9-13-19)27(5)24(30)31-18-20-14-10-7-11-15-20/h6-15,21H,16-18H2,1-5H3/t21-/m0/s1. The van der Waals surface area contributed by atoms with Crippen LogP contribution in [0.15, 0.2) is 60.7 Å². The van der Waals surface area contributed by atoms with Gasteiger partial charge in [0.05, 0.1) is 0 Å². The number of benzene rings is 2. The predicted octanol–water partition coefficient (Wildman–Crippen LogP) is 3.67. The minimum absolute atomic E-state index is 0.101. The number of nitrogens with zero attached hydrogens (tertiary/aromatic N) is 2. The van der Waals surface area contributed by atoms with Gasteiger partial charge in [0.2, 0.25) is 5.91 Å². The molecule has 0 fully saturated rings. The van der Waals surface area contributed by atoms with Gasteiger partial charge in [-0.3, -0.25) is 14.5 Å². The van der Waals surface area contributed by atoms with E-state index in [1.54, 1.807) is 20.8 Å². The molecule has 0 saturated heterocycles. The molecule has 0 spiro atoms. The SMILES string of the molecule is CN(CC(=O)OC(C)(C)C)C(=O)[C@H](Cc1ccccc1)N(C)C(=O)OCc1ccccc1. The minimum Gasteiger partial charge on any atom is -0.459 e. The topological polar surface area (TPSA) is 76.2 Å². The highest BCUT2D eigenvalue weighted by atomic mass is 16.6. The first-order valence-electron chi connectivity index (χ1n) is 10.5. The molecule has 0 aromatic heterocycles. The molecule has 0 aliphatic rings. The Morgan fingerprint density at radius 2 is 1.41 bits per heavy atom. The van der Waals surface area contributed by atoms with Crippen LogP contribution in [0.2, 0.25) is 0 Å². The van der Waals surface area contributed by atoms with Gasteiger partial charge in [-0.2, -0.15) is 0 Å². The van der Waals surface area contributed by atoms with Gasteiger partial charge < -0.3 is 14.4 Å². The van der Waals surface area contributed by atoms with Gasteiger partial charge >= 0.3 is 12.1 Å². The van der Waals surface area contributed by atoms with Crippen molar-refractivity contribution in [1.82, 2.24) is 9.80 Å². The van der Waals surface area contributed by atoms with Crippen molar-refractivity contribution in [2.75, 3.05) is 20.6 Å². The Kier molecular flexibility index (Phi) is 8.81. The van der Waals surface area contributed by atoms with E-state index in [1.807, 2.05) is 60.7 Å². The van der Waals surface area contributed by atoms with Crippen LogP contribution in [0.4, 0.5) is 4.79 Å². The van der Waals surface area contributed by atoms with Gasteiger partial charge in [-0.1, -0.05) is 60.7 Å². The molecule has 2 rings (SSSR count). The molecule has 0 heterocycles. The third-order valence-electron chi connectivity index (χ3n) is 4.68.